The molecule has 0 saturated heterocycles. The van der Waals surface area contributed by atoms with Gasteiger partial charge in [0.15, 0.2) is 22.9 Å². The number of nitrogens with one attached hydrogen (secondary N) is 1. The predicted octanol–water partition coefficient (Wildman–Crippen LogP) is 3.73. The quantitative estimate of drug-likeness (QED) is 0.478. The Labute approximate surface area is 177 Å². The van der Waals surface area contributed by atoms with E-state index in [4.69, 9.17) is 9.52 Å². The number of nitrogens with zero attached hydrogens (tertiary/aromatic N) is 2. The molecular weight excluding hydrogens is 398 g/mol. The first-order valence-corrected chi connectivity index (χ1v) is 9.25. The van der Waals surface area contributed by atoms with E-state index in [1.807, 2.05) is 13.0 Å². The number of aliphatic hydroxyl groups excluding tert-OH is 1. The number of carboxylic acids is 1. The van der Waals surface area contributed by atoms with Gasteiger partial charge in [-0.15, -0.1) is 0 Å². The summed E-state index contributed by atoms with van der Waals surface area (Å²) >= 11 is 0. The Hall–Kier alpha value is -4.35. The second kappa shape index (κ2) is 8.18. The Balaban J connectivity index is 1.71. The smallest absolute Gasteiger partial charge is 0.345 e. The van der Waals surface area contributed by atoms with Crippen LogP contribution in [0.25, 0.3) is 11.6 Å². The number of aliphatic imine (C=N–C) groups is 1. The largest absolute Gasteiger partial charge is 0.504 e. The van der Waals surface area contributed by atoms with E-state index in [9.17, 15) is 15.0 Å². The standard InChI is InChI=1S/C23H17N3O5/c1-13-10-14(4-3-9-27)6-7-17(13)26-22-19(23(29)30)20(28)18(31-22)11-15-12-25-21-16(15)5-2-8-24-21/h2,5-8,10-12,26-28H,9H2,1H3,(H,29,30). The van der Waals surface area contributed by atoms with Crippen LogP contribution in [0.5, 0.6) is 5.75 Å². The molecular formula is C23H17N3O5. The van der Waals surface area contributed by atoms with Crippen LogP contribution in [0, 0.1) is 18.8 Å². The number of aryl methyl sites for hydroxylation is 1. The molecule has 1 aromatic carbocycles. The Morgan fingerprint density at radius 2 is 2.16 bits per heavy atom. The maximum absolute atomic E-state index is 11.8. The van der Waals surface area contributed by atoms with E-state index in [0.29, 0.717) is 22.6 Å². The summed E-state index contributed by atoms with van der Waals surface area (Å²) in [6.07, 6.45) is 4.71. The summed E-state index contributed by atoms with van der Waals surface area (Å²) in [7, 11) is 0. The van der Waals surface area contributed by atoms with Crippen molar-refractivity contribution in [2.75, 3.05) is 11.9 Å². The Kier molecular flexibility index (Phi) is 5.26. The minimum Gasteiger partial charge on any atom is -0.504 e. The lowest BCUT2D eigenvalue weighted by Crippen LogP contribution is -2.01. The van der Waals surface area contributed by atoms with Crippen LogP contribution < -0.4 is 5.32 Å². The summed E-state index contributed by atoms with van der Waals surface area (Å²) in [4.78, 5) is 20.1. The third-order valence-corrected chi connectivity index (χ3v) is 4.62. The molecule has 0 unspecified atom stereocenters. The van der Waals surface area contributed by atoms with E-state index in [-0.39, 0.29) is 23.8 Å². The maximum atomic E-state index is 11.8. The highest BCUT2D eigenvalue weighted by atomic mass is 16.4. The van der Waals surface area contributed by atoms with Gasteiger partial charge in [0.2, 0.25) is 5.88 Å². The lowest BCUT2D eigenvalue weighted by Gasteiger charge is -2.08. The van der Waals surface area contributed by atoms with Crippen molar-refractivity contribution in [2.24, 2.45) is 4.99 Å². The second-order valence-electron chi connectivity index (χ2n) is 6.67. The van der Waals surface area contributed by atoms with Gasteiger partial charge in [-0.2, -0.15) is 0 Å². The van der Waals surface area contributed by atoms with Crippen LogP contribution in [-0.2, 0) is 0 Å². The molecule has 8 heteroatoms. The van der Waals surface area contributed by atoms with Gasteiger partial charge in [-0.3, -0.25) is 0 Å². The number of hydrogen-bond donors (Lipinski definition) is 4. The van der Waals surface area contributed by atoms with Crippen LogP contribution in [0.3, 0.4) is 0 Å². The minimum absolute atomic E-state index is 0.0128. The number of furan rings is 1. The van der Waals surface area contributed by atoms with Crippen LogP contribution in [0.1, 0.15) is 32.8 Å². The van der Waals surface area contributed by atoms with Crippen LogP contribution in [0.2, 0.25) is 0 Å². The molecule has 0 spiro atoms. The molecule has 0 saturated carbocycles. The van der Waals surface area contributed by atoms with Crippen molar-refractivity contribution < 1.29 is 24.5 Å². The molecule has 31 heavy (non-hydrogen) atoms. The zero-order valence-electron chi connectivity index (χ0n) is 16.4. The van der Waals surface area contributed by atoms with Gasteiger partial charge in [0.1, 0.15) is 6.61 Å². The van der Waals surface area contributed by atoms with Gasteiger partial charge in [-0.1, -0.05) is 11.8 Å². The number of aliphatic hydroxyl groups is 1. The van der Waals surface area contributed by atoms with E-state index in [0.717, 1.165) is 11.1 Å². The van der Waals surface area contributed by atoms with Crippen molar-refractivity contribution >= 4 is 41.2 Å². The summed E-state index contributed by atoms with van der Waals surface area (Å²) in [6.45, 7) is 1.58. The highest BCUT2D eigenvalue weighted by Gasteiger charge is 2.26. The maximum Gasteiger partial charge on any atom is 0.345 e. The van der Waals surface area contributed by atoms with Gasteiger partial charge in [-0.05, 0) is 48.9 Å². The normalized spacial score (nSPS) is 13.0. The number of allylic oxidation sites excluding steroid dienone is 1. The molecule has 0 aliphatic carbocycles. The van der Waals surface area contributed by atoms with E-state index >= 15 is 0 Å². The molecule has 0 radical (unpaired) electrons. The molecule has 3 heterocycles. The van der Waals surface area contributed by atoms with E-state index in [2.05, 4.69) is 27.1 Å². The molecule has 4 N–H and O–H groups in total. The Morgan fingerprint density at radius 1 is 1.32 bits per heavy atom. The predicted molar refractivity (Wildman–Crippen MR) is 116 cm³/mol. The van der Waals surface area contributed by atoms with Gasteiger partial charge in [0, 0.05) is 34.8 Å². The van der Waals surface area contributed by atoms with Gasteiger partial charge in [0.25, 0.3) is 0 Å². The van der Waals surface area contributed by atoms with Gasteiger partial charge in [-0.25, -0.2) is 14.8 Å². The number of benzene rings is 1. The lowest BCUT2D eigenvalue weighted by molar-refractivity contribution is 0.0695. The molecule has 0 fully saturated rings. The van der Waals surface area contributed by atoms with Crippen LogP contribution >= 0.6 is 0 Å². The first-order valence-electron chi connectivity index (χ1n) is 9.25. The molecule has 0 amide bonds. The number of aromatic carboxylic acids is 1. The van der Waals surface area contributed by atoms with Crippen molar-refractivity contribution in [3.8, 4) is 17.6 Å². The van der Waals surface area contributed by atoms with E-state index in [1.165, 1.54) is 6.08 Å². The van der Waals surface area contributed by atoms with Crippen LogP contribution in [-0.4, -0.2) is 39.1 Å². The zero-order valence-corrected chi connectivity index (χ0v) is 16.4. The third-order valence-electron chi connectivity index (χ3n) is 4.62. The molecule has 1 aliphatic rings. The summed E-state index contributed by atoms with van der Waals surface area (Å²) < 4.78 is 5.68. The van der Waals surface area contributed by atoms with Crippen molar-refractivity contribution in [2.45, 2.75) is 6.92 Å². The number of carbonyl (C=O) groups is 1. The minimum atomic E-state index is -1.33. The van der Waals surface area contributed by atoms with Crippen LogP contribution in [0.4, 0.5) is 17.4 Å². The van der Waals surface area contributed by atoms with Gasteiger partial charge >= 0.3 is 5.97 Å². The third kappa shape index (κ3) is 3.90. The average molecular weight is 415 g/mol. The molecule has 2 aromatic heterocycles. The van der Waals surface area contributed by atoms with Crippen molar-refractivity contribution in [1.29, 1.82) is 0 Å². The number of carboxylic acid groups (broad SMARTS) is 1. The summed E-state index contributed by atoms with van der Waals surface area (Å²) in [5.74, 6) is 3.98. The highest BCUT2D eigenvalue weighted by molar-refractivity contribution is 6.21. The van der Waals surface area contributed by atoms with Gasteiger partial charge in [0.05, 0.1) is 0 Å². The first kappa shape index (κ1) is 19.9. The number of pyridine rings is 1. The molecule has 154 valence electrons. The SMILES string of the molecule is Cc1cc(C#CCO)ccc1Nc1oc(C=C2C=Nc3ncccc32)c(O)c1C(=O)O. The Morgan fingerprint density at radius 3 is 2.90 bits per heavy atom. The molecule has 0 bridgehead atoms. The molecule has 3 aromatic rings. The molecule has 8 nitrogen and oxygen atoms in total. The highest BCUT2D eigenvalue weighted by Crippen LogP contribution is 2.39. The number of anilines is 2. The number of fused-ring (bicyclic) bond motifs is 1. The fourth-order valence-electron chi connectivity index (χ4n) is 3.15. The summed E-state index contributed by atoms with van der Waals surface area (Å²) in [6, 6.07) is 8.81. The van der Waals surface area contributed by atoms with E-state index < -0.39 is 11.7 Å². The second-order valence-corrected chi connectivity index (χ2v) is 6.67. The van der Waals surface area contributed by atoms with Crippen molar-refractivity contribution in [3.63, 3.8) is 0 Å². The van der Waals surface area contributed by atoms with Crippen molar-refractivity contribution in [3.05, 3.63) is 64.5 Å². The molecule has 4 rings (SSSR count). The summed E-state index contributed by atoms with van der Waals surface area (Å²) in [5, 5.41) is 31.9. The number of hydrogen-bond acceptors (Lipinski definition) is 7. The Bertz CT molecular complexity index is 1310. The molecule has 0 atom stereocenters. The zero-order chi connectivity index (χ0) is 22.0. The fourth-order valence-corrected chi connectivity index (χ4v) is 3.15. The topological polar surface area (TPSA) is 128 Å². The lowest BCUT2D eigenvalue weighted by atomic mass is 10.1. The average Bonchev–Trinajstić information content (AvgIpc) is 3.29. The number of rotatable bonds is 4. The number of aromatic hydroxyl groups is 1. The summed E-state index contributed by atoms with van der Waals surface area (Å²) in [5.41, 5.74) is 3.08. The van der Waals surface area contributed by atoms with Crippen LogP contribution in [0.15, 0.2) is 45.9 Å². The van der Waals surface area contributed by atoms with Gasteiger partial charge < -0.3 is 25.1 Å². The number of aromatic nitrogens is 1. The van der Waals surface area contributed by atoms with Crippen molar-refractivity contribution in [1.82, 2.24) is 4.98 Å². The first-order chi connectivity index (χ1) is 15.0. The monoisotopic (exact) mass is 415 g/mol. The fraction of sp³-hybridized carbons (Fsp3) is 0.0870. The molecule has 1 aliphatic heterocycles. The van der Waals surface area contributed by atoms with E-state index in [1.54, 1.807) is 36.7 Å².